The van der Waals surface area contributed by atoms with Gasteiger partial charge in [0, 0.05) is 18.7 Å². The van der Waals surface area contributed by atoms with Crippen LogP contribution in [0.15, 0.2) is 24.3 Å². The fourth-order valence-corrected chi connectivity index (χ4v) is 2.14. The number of ether oxygens (including phenoxy) is 1. The fourth-order valence-electron chi connectivity index (χ4n) is 2.14. The van der Waals surface area contributed by atoms with E-state index in [4.69, 9.17) is 4.74 Å². The van der Waals surface area contributed by atoms with Gasteiger partial charge in [-0.15, -0.1) is 0 Å². The third kappa shape index (κ3) is 9.18. The standard InChI is InChI=1S/C19H30N2O3/c1-14(2)13-17(22)20-12-6-7-15-8-10-16(11-9-15)21-18(23)24-19(3,4)5/h8-11,14H,6-7,12-13H2,1-5H3,(H,20,22)(H,21,23). The van der Waals surface area contributed by atoms with Crippen LogP contribution in [-0.2, 0) is 16.0 Å². The van der Waals surface area contributed by atoms with Gasteiger partial charge >= 0.3 is 6.09 Å². The molecule has 0 saturated carbocycles. The molecule has 24 heavy (non-hydrogen) atoms. The van der Waals surface area contributed by atoms with E-state index < -0.39 is 11.7 Å². The predicted octanol–water partition coefficient (Wildman–Crippen LogP) is 4.13. The lowest BCUT2D eigenvalue weighted by molar-refractivity contribution is -0.121. The van der Waals surface area contributed by atoms with Crippen LogP contribution >= 0.6 is 0 Å². The van der Waals surface area contributed by atoms with E-state index in [9.17, 15) is 9.59 Å². The molecule has 0 unspecified atom stereocenters. The maximum Gasteiger partial charge on any atom is 0.412 e. The molecule has 134 valence electrons. The van der Waals surface area contributed by atoms with Gasteiger partial charge in [-0.1, -0.05) is 26.0 Å². The van der Waals surface area contributed by atoms with Crippen molar-refractivity contribution in [2.45, 2.75) is 59.5 Å². The molecule has 0 saturated heterocycles. The topological polar surface area (TPSA) is 67.4 Å². The molecule has 0 fully saturated rings. The minimum atomic E-state index is -0.510. The molecule has 0 aliphatic heterocycles. The highest BCUT2D eigenvalue weighted by atomic mass is 16.6. The molecule has 2 N–H and O–H groups in total. The van der Waals surface area contributed by atoms with Gasteiger partial charge in [-0.3, -0.25) is 10.1 Å². The number of anilines is 1. The summed E-state index contributed by atoms with van der Waals surface area (Å²) in [7, 11) is 0. The largest absolute Gasteiger partial charge is 0.444 e. The van der Waals surface area contributed by atoms with E-state index in [2.05, 4.69) is 10.6 Å². The first-order chi connectivity index (χ1) is 11.2. The minimum absolute atomic E-state index is 0.113. The second kappa shape index (κ2) is 9.30. The van der Waals surface area contributed by atoms with Gasteiger partial charge in [-0.2, -0.15) is 0 Å². The normalized spacial score (nSPS) is 11.2. The van der Waals surface area contributed by atoms with Crippen LogP contribution in [-0.4, -0.2) is 24.1 Å². The Morgan fingerprint density at radius 3 is 2.29 bits per heavy atom. The zero-order chi connectivity index (χ0) is 18.2. The fraction of sp³-hybridized carbons (Fsp3) is 0.579. The summed E-state index contributed by atoms with van der Waals surface area (Å²) >= 11 is 0. The third-order valence-corrected chi connectivity index (χ3v) is 3.16. The van der Waals surface area contributed by atoms with Crippen LogP contribution in [0, 0.1) is 5.92 Å². The number of carbonyl (C=O) groups excluding carboxylic acids is 2. The summed E-state index contributed by atoms with van der Waals surface area (Å²) in [6.07, 6.45) is 1.89. The number of benzene rings is 1. The molecule has 0 aromatic heterocycles. The molecule has 0 spiro atoms. The Labute approximate surface area is 145 Å². The summed E-state index contributed by atoms with van der Waals surface area (Å²) in [4.78, 5) is 23.2. The van der Waals surface area contributed by atoms with Crippen molar-refractivity contribution in [3.05, 3.63) is 29.8 Å². The summed E-state index contributed by atoms with van der Waals surface area (Å²) in [5.74, 6) is 0.497. The molecular formula is C19H30N2O3. The maximum atomic E-state index is 11.7. The van der Waals surface area contributed by atoms with Crippen LogP contribution in [0.3, 0.4) is 0 Å². The van der Waals surface area contributed by atoms with Crippen LogP contribution in [0.5, 0.6) is 0 Å². The van der Waals surface area contributed by atoms with Gasteiger partial charge in [0.05, 0.1) is 0 Å². The average molecular weight is 334 g/mol. The maximum absolute atomic E-state index is 11.7. The first-order valence-electron chi connectivity index (χ1n) is 8.51. The molecule has 1 aromatic rings. The van der Waals surface area contributed by atoms with Crippen molar-refractivity contribution in [1.82, 2.24) is 5.32 Å². The lowest BCUT2D eigenvalue weighted by atomic mass is 10.1. The average Bonchev–Trinajstić information content (AvgIpc) is 2.42. The van der Waals surface area contributed by atoms with E-state index in [1.807, 2.05) is 58.9 Å². The van der Waals surface area contributed by atoms with Gasteiger partial charge in [0.15, 0.2) is 0 Å². The summed E-state index contributed by atoms with van der Waals surface area (Å²) in [6, 6.07) is 7.67. The van der Waals surface area contributed by atoms with Gasteiger partial charge in [0.2, 0.25) is 5.91 Å². The van der Waals surface area contributed by atoms with Crippen LogP contribution in [0.25, 0.3) is 0 Å². The number of aryl methyl sites for hydroxylation is 1. The van der Waals surface area contributed by atoms with Crippen LogP contribution in [0.4, 0.5) is 10.5 Å². The number of nitrogens with one attached hydrogen (secondary N) is 2. The van der Waals surface area contributed by atoms with Gasteiger partial charge in [0.25, 0.3) is 0 Å². The van der Waals surface area contributed by atoms with Crippen LogP contribution in [0.2, 0.25) is 0 Å². The molecule has 0 aliphatic carbocycles. The first kappa shape index (κ1) is 20.0. The van der Waals surface area contributed by atoms with Crippen molar-refractivity contribution in [2.75, 3.05) is 11.9 Å². The van der Waals surface area contributed by atoms with Gasteiger partial charge < -0.3 is 10.1 Å². The molecule has 1 rings (SSSR count). The van der Waals surface area contributed by atoms with E-state index in [1.54, 1.807) is 0 Å². The van der Waals surface area contributed by atoms with Gasteiger partial charge in [-0.25, -0.2) is 4.79 Å². The summed E-state index contributed by atoms with van der Waals surface area (Å²) in [5.41, 5.74) is 1.37. The quantitative estimate of drug-likeness (QED) is 0.737. The Morgan fingerprint density at radius 1 is 1.12 bits per heavy atom. The highest BCUT2D eigenvalue weighted by Gasteiger charge is 2.16. The molecule has 0 aliphatic rings. The van der Waals surface area contributed by atoms with Crippen LogP contribution in [0.1, 0.15) is 53.0 Å². The lowest BCUT2D eigenvalue weighted by Crippen LogP contribution is -2.27. The first-order valence-corrected chi connectivity index (χ1v) is 8.51. The van der Waals surface area contributed by atoms with Crippen molar-refractivity contribution in [3.8, 4) is 0 Å². The van der Waals surface area contributed by atoms with Crippen LogP contribution < -0.4 is 10.6 Å². The van der Waals surface area contributed by atoms with Crippen molar-refractivity contribution >= 4 is 17.7 Å². The van der Waals surface area contributed by atoms with E-state index in [0.29, 0.717) is 24.6 Å². The summed E-state index contributed by atoms with van der Waals surface area (Å²) in [5, 5.41) is 5.64. The number of rotatable bonds is 7. The number of carbonyl (C=O) groups is 2. The molecule has 2 amide bonds. The van der Waals surface area contributed by atoms with Crippen molar-refractivity contribution in [2.24, 2.45) is 5.92 Å². The van der Waals surface area contributed by atoms with Crippen molar-refractivity contribution < 1.29 is 14.3 Å². The van der Waals surface area contributed by atoms with Gasteiger partial charge in [-0.05, 0) is 57.2 Å². The number of hydrogen-bond acceptors (Lipinski definition) is 3. The highest BCUT2D eigenvalue weighted by Crippen LogP contribution is 2.13. The Bertz CT molecular complexity index is 531. The number of amides is 2. The summed E-state index contributed by atoms with van der Waals surface area (Å²) < 4.78 is 5.21. The molecule has 0 atom stereocenters. The van der Waals surface area contributed by atoms with E-state index >= 15 is 0 Å². The lowest BCUT2D eigenvalue weighted by Gasteiger charge is -2.19. The molecule has 0 bridgehead atoms. The molecule has 0 heterocycles. The van der Waals surface area contributed by atoms with E-state index in [0.717, 1.165) is 12.8 Å². The Morgan fingerprint density at radius 2 is 1.75 bits per heavy atom. The smallest absolute Gasteiger partial charge is 0.412 e. The summed E-state index contributed by atoms with van der Waals surface area (Å²) in [6.45, 7) is 10.2. The zero-order valence-electron chi connectivity index (χ0n) is 15.4. The Balaban J connectivity index is 2.32. The molecule has 1 aromatic carbocycles. The molecule has 0 radical (unpaired) electrons. The van der Waals surface area contributed by atoms with Crippen molar-refractivity contribution in [1.29, 1.82) is 0 Å². The molecule has 5 heteroatoms. The second-order valence-electron chi connectivity index (χ2n) is 7.38. The van der Waals surface area contributed by atoms with Crippen molar-refractivity contribution in [3.63, 3.8) is 0 Å². The van der Waals surface area contributed by atoms with E-state index in [1.165, 1.54) is 5.56 Å². The Hall–Kier alpha value is -2.04. The second-order valence-corrected chi connectivity index (χ2v) is 7.38. The number of hydrogen-bond donors (Lipinski definition) is 2. The molecular weight excluding hydrogens is 304 g/mol. The predicted molar refractivity (Wildman–Crippen MR) is 97.1 cm³/mol. The molecule has 5 nitrogen and oxygen atoms in total. The zero-order valence-corrected chi connectivity index (χ0v) is 15.4. The van der Waals surface area contributed by atoms with Gasteiger partial charge in [0.1, 0.15) is 5.60 Å². The Kier molecular flexibility index (Phi) is 7.75. The minimum Gasteiger partial charge on any atom is -0.444 e. The van der Waals surface area contributed by atoms with E-state index in [-0.39, 0.29) is 5.91 Å². The third-order valence-electron chi connectivity index (χ3n) is 3.16. The SMILES string of the molecule is CC(C)CC(=O)NCCCc1ccc(NC(=O)OC(C)(C)C)cc1. The highest BCUT2D eigenvalue weighted by molar-refractivity contribution is 5.84. The monoisotopic (exact) mass is 334 g/mol.